The fraction of sp³-hybridized carbons (Fsp3) is 0.333. The number of methoxy groups -OCH3 is 3. The molecule has 13 heteroatoms. The van der Waals surface area contributed by atoms with Gasteiger partial charge in [0.25, 0.3) is 11.8 Å². The van der Waals surface area contributed by atoms with Crippen molar-refractivity contribution >= 4 is 63.6 Å². The van der Waals surface area contributed by atoms with Gasteiger partial charge in [-0.1, -0.05) is 44.0 Å². The second-order valence-electron chi connectivity index (χ2n) is 12.7. The standard InChI is InChI=1S/C42H47N3O8S2/c1-6-34(40(48)45-41-36(42(49)53-7-2)30-20-13-8-9-14-21-35(30)55-41)54-29-19-15-18-28(25-29)43-39(47)31(44-38(46)27-16-11-10-12-17-27)22-26-23-32(50-3)37(52-5)33(24-26)51-4/h10-12,15-19,22-25,34H,6-9,13-14,20-21H2,1-5H3,(H,43,47)(H,44,46)(H,45,48)/b31-22+. The fourth-order valence-electron chi connectivity index (χ4n) is 6.24. The zero-order chi connectivity index (χ0) is 39.3. The van der Waals surface area contributed by atoms with Crippen molar-refractivity contribution in [1.29, 1.82) is 0 Å². The maximum Gasteiger partial charge on any atom is 0.341 e. The number of thioether (sulfide) groups is 1. The molecule has 0 bridgehead atoms. The number of rotatable bonds is 15. The summed E-state index contributed by atoms with van der Waals surface area (Å²) in [6, 6.07) is 19.1. The summed E-state index contributed by atoms with van der Waals surface area (Å²) >= 11 is 2.83. The van der Waals surface area contributed by atoms with Crippen LogP contribution in [0.5, 0.6) is 17.2 Å². The lowest BCUT2D eigenvalue weighted by molar-refractivity contribution is -0.116. The van der Waals surface area contributed by atoms with Gasteiger partial charge in [-0.05, 0) is 98.7 Å². The number of hydrogen-bond donors (Lipinski definition) is 3. The molecule has 1 atom stereocenters. The van der Waals surface area contributed by atoms with E-state index in [0.29, 0.717) is 51.0 Å². The predicted molar refractivity (Wildman–Crippen MR) is 218 cm³/mol. The minimum atomic E-state index is -0.579. The Morgan fingerprint density at radius 1 is 0.836 bits per heavy atom. The molecule has 1 aliphatic rings. The summed E-state index contributed by atoms with van der Waals surface area (Å²) < 4.78 is 21.9. The van der Waals surface area contributed by atoms with Crippen LogP contribution >= 0.6 is 23.1 Å². The molecule has 0 spiro atoms. The van der Waals surface area contributed by atoms with Crippen LogP contribution in [0, 0.1) is 0 Å². The van der Waals surface area contributed by atoms with Crippen LogP contribution in [0.2, 0.25) is 0 Å². The molecule has 5 rings (SSSR count). The number of fused-ring (bicyclic) bond motifs is 1. The topological polar surface area (TPSA) is 141 Å². The molecule has 11 nitrogen and oxygen atoms in total. The van der Waals surface area contributed by atoms with Gasteiger partial charge < -0.3 is 34.9 Å². The first-order valence-electron chi connectivity index (χ1n) is 18.3. The molecule has 3 N–H and O–H groups in total. The summed E-state index contributed by atoms with van der Waals surface area (Å²) in [7, 11) is 4.48. The maximum atomic E-state index is 13.9. The zero-order valence-corrected chi connectivity index (χ0v) is 33.4. The number of carbonyl (C=O) groups is 4. The number of ether oxygens (including phenoxy) is 4. The van der Waals surface area contributed by atoms with E-state index in [1.807, 2.05) is 13.0 Å². The zero-order valence-electron chi connectivity index (χ0n) is 31.7. The summed E-state index contributed by atoms with van der Waals surface area (Å²) in [5.41, 5.74) is 2.79. The summed E-state index contributed by atoms with van der Waals surface area (Å²) in [6.45, 7) is 3.96. The van der Waals surface area contributed by atoms with Gasteiger partial charge in [0.15, 0.2) is 11.5 Å². The summed E-state index contributed by atoms with van der Waals surface area (Å²) in [6.07, 6.45) is 8.00. The van der Waals surface area contributed by atoms with Gasteiger partial charge in [0.2, 0.25) is 11.7 Å². The molecule has 4 aromatic rings. The fourth-order valence-corrected chi connectivity index (χ4v) is 8.54. The first-order chi connectivity index (χ1) is 26.7. The molecule has 1 heterocycles. The predicted octanol–water partition coefficient (Wildman–Crippen LogP) is 8.53. The number of thiophene rings is 1. The normalized spacial score (nSPS) is 13.3. The molecule has 1 aromatic heterocycles. The molecule has 0 saturated carbocycles. The quantitative estimate of drug-likeness (QED) is 0.0615. The van der Waals surface area contributed by atoms with Gasteiger partial charge in [-0.15, -0.1) is 23.1 Å². The second-order valence-corrected chi connectivity index (χ2v) is 15.0. The van der Waals surface area contributed by atoms with E-state index in [1.165, 1.54) is 50.5 Å². The molecule has 3 amide bonds. The highest BCUT2D eigenvalue weighted by molar-refractivity contribution is 8.00. The Morgan fingerprint density at radius 3 is 2.20 bits per heavy atom. The molecule has 290 valence electrons. The van der Waals surface area contributed by atoms with E-state index < -0.39 is 23.0 Å². The van der Waals surface area contributed by atoms with Gasteiger partial charge in [-0.25, -0.2) is 4.79 Å². The van der Waals surface area contributed by atoms with E-state index in [1.54, 1.807) is 67.6 Å². The van der Waals surface area contributed by atoms with Gasteiger partial charge >= 0.3 is 5.97 Å². The number of esters is 1. The lowest BCUT2D eigenvalue weighted by Gasteiger charge is -2.16. The van der Waals surface area contributed by atoms with Gasteiger partial charge in [0.1, 0.15) is 10.7 Å². The molecule has 3 aromatic carbocycles. The number of carbonyl (C=O) groups excluding carboxylic acids is 4. The maximum absolute atomic E-state index is 13.9. The Labute approximate surface area is 330 Å². The van der Waals surface area contributed by atoms with E-state index in [-0.39, 0.29) is 18.2 Å². The van der Waals surface area contributed by atoms with Crippen molar-refractivity contribution in [2.45, 2.75) is 68.9 Å². The van der Waals surface area contributed by atoms with E-state index in [9.17, 15) is 19.2 Å². The van der Waals surface area contributed by atoms with Gasteiger partial charge in [0, 0.05) is 21.0 Å². The van der Waals surface area contributed by atoms with Gasteiger partial charge in [-0.2, -0.15) is 0 Å². The third-order valence-corrected chi connectivity index (χ3v) is 11.5. The van der Waals surface area contributed by atoms with E-state index in [2.05, 4.69) is 16.0 Å². The molecule has 0 aliphatic heterocycles. The van der Waals surface area contributed by atoms with Gasteiger partial charge in [0.05, 0.1) is 38.7 Å². The first kappa shape index (κ1) is 40.9. The lowest BCUT2D eigenvalue weighted by Crippen LogP contribution is -2.30. The SMILES string of the molecule is CCOC(=O)c1c(NC(=O)C(CC)Sc2cccc(NC(=O)/C(=C\c3cc(OC)c(OC)c(OC)c3)NC(=O)c3ccccc3)c2)sc2c1CCCCCC2. The Bertz CT molecular complexity index is 2000. The minimum Gasteiger partial charge on any atom is -0.493 e. The van der Waals surface area contributed by atoms with Crippen molar-refractivity contribution in [2.24, 2.45) is 0 Å². The van der Waals surface area contributed by atoms with Crippen molar-refractivity contribution < 1.29 is 38.1 Å². The van der Waals surface area contributed by atoms with Crippen LogP contribution < -0.4 is 30.2 Å². The molecule has 1 unspecified atom stereocenters. The minimum absolute atomic E-state index is 0.0329. The summed E-state index contributed by atoms with van der Waals surface area (Å²) in [5, 5.41) is 8.77. The van der Waals surface area contributed by atoms with Crippen molar-refractivity contribution in [3.8, 4) is 17.2 Å². The smallest absolute Gasteiger partial charge is 0.341 e. The van der Waals surface area contributed by atoms with Crippen LogP contribution in [-0.4, -0.2) is 56.9 Å². The Morgan fingerprint density at radius 2 is 1.55 bits per heavy atom. The van der Waals surface area contributed by atoms with E-state index >= 15 is 0 Å². The summed E-state index contributed by atoms with van der Waals surface area (Å²) in [4.78, 5) is 56.0. The highest BCUT2D eigenvalue weighted by Gasteiger charge is 2.28. The Hall–Kier alpha value is -5.27. The van der Waals surface area contributed by atoms with Crippen LogP contribution in [0.1, 0.15) is 82.7 Å². The third kappa shape index (κ3) is 10.5. The Balaban J connectivity index is 1.37. The van der Waals surface area contributed by atoms with Crippen molar-refractivity contribution in [3.63, 3.8) is 0 Å². The van der Waals surface area contributed by atoms with Crippen LogP contribution in [-0.2, 0) is 27.2 Å². The monoisotopic (exact) mass is 785 g/mol. The molecule has 1 aliphatic carbocycles. The lowest BCUT2D eigenvalue weighted by atomic mass is 9.96. The van der Waals surface area contributed by atoms with Crippen molar-refractivity contribution in [1.82, 2.24) is 5.32 Å². The number of nitrogens with one attached hydrogen (secondary N) is 3. The largest absolute Gasteiger partial charge is 0.493 e. The van der Waals surface area contributed by atoms with Gasteiger partial charge in [-0.3, -0.25) is 14.4 Å². The van der Waals surface area contributed by atoms with Crippen LogP contribution in [0.4, 0.5) is 10.7 Å². The highest BCUT2D eigenvalue weighted by atomic mass is 32.2. The first-order valence-corrected chi connectivity index (χ1v) is 20.0. The third-order valence-electron chi connectivity index (χ3n) is 8.95. The number of hydrogen-bond acceptors (Lipinski definition) is 10. The number of amides is 3. The molecule has 0 saturated heterocycles. The molecule has 0 fully saturated rings. The molecule has 0 radical (unpaired) electrons. The Kier molecular flexibility index (Phi) is 14.8. The number of benzene rings is 3. The van der Waals surface area contributed by atoms with Crippen LogP contribution in [0.3, 0.4) is 0 Å². The van der Waals surface area contributed by atoms with Crippen molar-refractivity contribution in [2.75, 3.05) is 38.6 Å². The van der Waals surface area contributed by atoms with E-state index in [4.69, 9.17) is 18.9 Å². The van der Waals surface area contributed by atoms with E-state index in [0.717, 1.165) is 53.9 Å². The average Bonchev–Trinajstić information content (AvgIpc) is 3.51. The van der Waals surface area contributed by atoms with Crippen molar-refractivity contribution in [3.05, 3.63) is 99.6 Å². The van der Waals surface area contributed by atoms with Crippen LogP contribution in [0.15, 0.2) is 77.3 Å². The summed E-state index contributed by atoms with van der Waals surface area (Å²) in [5.74, 6) is -0.537. The average molecular weight is 786 g/mol. The molecule has 55 heavy (non-hydrogen) atoms. The second kappa shape index (κ2) is 19.9. The highest BCUT2D eigenvalue weighted by Crippen LogP contribution is 2.40. The number of aryl methyl sites for hydroxylation is 1. The number of anilines is 2. The molecular formula is C42H47N3O8S2. The molecular weight excluding hydrogens is 739 g/mol. The van der Waals surface area contributed by atoms with Crippen LogP contribution in [0.25, 0.3) is 6.08 Å².